The van der Waals surface area contributed by atoms with Crippen LogP contribution < -0.4 is 0 Å². The first kappa shape index (κ1) is 15.1. The zero-order chi connectivity index (χ0) is 15.6. The highest BCUT2D eigenvalue weighted by Gasteiger charge is 2.18. The molecule has 5 nitrogen and oxygen atoms in total. The lowest BCUT2D eigenvalue weighted by Gasteiger charge is -2.25. The van der Waals surface area contributed by atoms with E-state index in [-0.39, 0.29) is 24.2 Å². The molecule has 0 saturated carbocycles. The first-order chi connectivity index (χ1) is 9.88. The molecule has 0 spiro atoms. The largest absolute Gasteiger partial charge is 0.508 e. The van der Waals surface area contributed by atoms with E-state index in [1.54, 1.807) is 28.8 Å². The molecule has 0 aliphatic rings. The summed E-state index contributed by atoms with van der Waals surface area (Å²) in [6, 6.07) is 8.81. The molecule has 21 heavy (non-hydrogen) atoms. The van der Waals surface area contributed by atoms with Gasteiger partial charge in [0, 0.05) is 12.7 Å². The Morgan fingerprint density at radius 2 is 1.95 bits per heavy atom. The van der Waals surface area contributed by atoms with Gasteiger partial charge in [-0.05, 0) is 44.5 Å². The van der Waals surface area contributed by atoms with E-state index in [0.717, 1.165) is 17.0 Å². The molecule has 0 saturated heterocycles. The molecule has 2 aromatic rings. The van der Waals surface area contributed by atoms with Gasteiger partial charge in [-0.2, -0.15) is 5.10 Å². The molecule has 1 unspecified atom stereocenters. The lowest BCUT2D eigenvalue weighted by atomic mass is 10.1. The average Bonchev–Trinajstić information content (AvgIpc) is 2.76. The van der Waals surface area contributed by atoms with Gasteiger partial charge < -0.3 is 10.0 Å². The number of phenols is 1. The Morgan fingerprint density at radius 1 is 1.33 bits per heavy atom. The molecule has 112 valence electrons. The maximum atomic E-state index is 12.4. The SMILES string of the molecule is Cc1cc(C)n(CC(=O)N(C)C(C)c2ccc(O)cc2)n1. The van der Waals surface area contributed by atoms with Crippen molar-refractivity contribution < 1.29 is 9.90 Å². The summed E-state index contributed by atoms with van der Waals surface area (Å²) in [7, 11) is 1.78. The van der Waals surface area contributed by atoms with Crippen LogP contribution in [-0.4, -0.2) is 32.7 Å². The van der Waals surface area contributed by atoms with Crippen LogP contribution in [0.2, 0.25) is 0 Å². The Morgan fingerprint density at radius 3 is 2.48 bits per heavy atom. The van der Waals surface area contributed by atoms with Crippen LogP contribution >= 0.6 is 0 Å². The third kappa shape index (κ3) is 3.42. The van der Waals surface area contributed by atoms with Crippen molar-refractivity contribution in [3.05, 3.63) is 47.3 Å². The quantitative estimate of drug-likeness (QED) is 0.939. The minimum absolute atomic E-state index is 0.00164. The standard InChI is InChI=1S/C16H21N3O2/c1-11-9-12(2)19(17-11)10-16(21)18(4)13(3)14-5-7-15(20)8-6-14/h5-9,13,20H,10H2,1-4H3. The van der Waals surface area contributed by atoms with Crippen LogP contribution in [0, 0.1) is 13.8 Å². The summed E-state index contributed by atoms with van der Waals surface area (Å²) < 4.78 is 1.72. The lowest BCUT2D eigenvalue weighted by molar-refractivity contribution is -0.132. The topological polar surface area (TPSA) is 58.4 Å². The molecule has 0 fully saturated rings. The van der Waals surface area contributed by atoms with Crippen molar-refractivity contribution in [1.29, 1.82) is 0 Å². The minimum Gasteiger partial charge on any atom is -0.508 e. The van der Waals surface area contributed by atoms with Gasteiger partial charge in [0.1, 0.15) is 12.3 Å². The lowest BCUT2D eigenvalue weighted by Crippen LogP contribution is -2.33. The van der Waals surface area contributed by atoms with Crippen molar-refractivity contribution in [2.45, 2.75) is 33.4 Å². The summed E-state index contributed by atoms with van der Waals surface area (Å²) in [5, 5.41) is 13.6. The minimum atomic E-state index is -0.0601. The first-order valence-corrected chi connectivity index (χ1v) is 6.94. The molecule has 5 heteroatoms. The van der Waals surface area contributed by atoms with Gasteiger partial charge in [-0.25, -0.2) is 0 Å². The van der Waals surface area contributed by atoms with Gasteiger partial charge in [0.05, 0.1) is 11.7 Å². The normalized spacial score (nSPS) is 12.2. The van der Waals surface area contributed by atoms with Gasteiger partial charge in [-0.1, -0.05) is 12.1 Å². The molecule has 1 aromatic heterocycles. The van der Waals surface area contributed by atoms with Crippen LogP contribution in [0.3, 0.4) is 0 Å². The summed E-state index contributed by atoms with van der Waals surface area (Å²) in [5.41, 5.74) is 2.87. The van der Waals surface area contributed by atoms with Gasteiger partial charge in [0.2, 0.25) is 5.91 Å². The zero-order valence-electron chi connectivity index (χ0n) is 12.9. The van der Waals surface area contributed by atoms with E-state index >= 15 is 0 Å². The van der Waals surface area contributed by atoms with Crippen LogP contribution in [-0.2, 0) is 11.3 Å². The van der Waals surface area contributed by atoms with E-state index < -0.39 is 0 Å². The van der Waals surface area contributed by atoms with E-state index in [9.17, 15) is 9.90 Å². The monoisotopic (exact) mass is 287 g/mol. The second-order valence-corrected chi connectivity index (χ2v) is 5.36. The van der Waals surface area contributed by atoms with Crippen molar-refractivity contribution in [2.75, 3.05) is 7.05 Å². The van der Waals surface area contributed by atoms with Crippen LogP contribution in [0.15, 0.2) is 30.3 Å². The molecule has 2 rings (SSSR count). The Labute approximate surface area is 124 Å². The van der Waals surface area contributed by atoms with Crippen molar-refractivity contribution in [1.82, 2.24) is 14.7 Å². The van der Waals surface area contributed by atoms with Gasteiger partial charge in [0.15, 0.2) is 0 Å². The number of likely N-dealkylation sites (N-methyl/N-ethyl adjacent to an activating group) is 1. The van der Waals surface area contributed by atoms with Gasteiger partial charge in [-0.15, -0.1) is 0 Å². The number of carbonyl (C=O) groups excluding carboxylic acids is 1. The number of benzene rings is 1. The van der Waals surface area contributed by atoms with Gasteiger partial charge >= 0.3 is 0 Å². The number of nitrogens with zero attached hydrogens (tertiary/aromatic N) is 3. The Kier molecular flexibility index (Phi) is 4.31. The Balaban J connectivity index is 2.08. The molecule has 0 radical (unpaired) electrons. The molecular formula is C16H21N3O2. The summed E-state index contributed by atoms with van der Waals surface area (Å²) in [5.74, 6) is 0.226. The summed E-state index contributed by atoms with van der Waals surface area (Å²) in [4.78, 5) is 14.1. The molecule has 0 aliphatic carbocycles. The number of amides is 1. The number of phenolic OH excluding ortho intramolecular Hbond substituents is 1. The van der Waals surface area contributed by atoms with E-state index in [1.165, 1.54) is 0 Å². The molecular weight excluding hydrogens is 266 g/mol. The highest BCUT2D eigenvalue weighted by Crippen LogP contribution is 2.21. The van der Waals surface area contributed by atoms with E-state index in [1.807, 2.05) is 39.0 Å². The second-order valence-electron chi connectivity index (χ2n) is 5.36. The third-order valence-corrected chi connectivity index (χ3v) is 3.74. The van der Waals surface area contributed by atoms with Crippen molar-refractivity contribution in [2.24, 2.45) is 0 Å². The van der Waals surface area contributed by atoms with Crippen LogP contribution in [0.25, 0.3) is 0 Å². The predicted molar refractivity (Wildman–Crippen MR) is 81.0 cm³/mol. The summed E-state index contributed by atoms with van der Waals surface area (Å²) >= 11 is 0. The first-order valence-electron chi connectivity index (χ1n) is 6.94. The van der Waals surface area contributed by atoms with Crippen molar-refractivity contribution in [3.63, 3.8) is 0 Å². The van der Waals surface area contributed by atoms with Crippen LogP contribution in [0.4, 0.5) is 0 Å². The van der Waals surface area contributed by atoms with Gasteiger partial charge in [0.25, 0.3) is 0 Å². The molecule has 0 aliphatic heterocycles. The van der Waals surface area contributed by atoms with E-state index in [4.69, 9.17) is 0 Å². The zero-order valence-corrected chi connectivity index (χ0v) is 12.9. The van der Waals surface area contributed by atoms with Crippen molar-refractivity contribution in [3.8, 4) is 5.75 Å². The fourth-order valence-electron chi connectivity index (χ4n) is 2.27. The smallest absolute Gasteiger partial charge is 0.244 e. The van der Waals surface area contributed by atoms with Crippen molar-refractivity contribution >= 4 is 5.91 Å². The molecule has 1 heterocycles. The molecule has 1 amide bonds. The fraction of sp³-hybridized carbons (Fsp3) is 0.375. The number of hydrogen-bond acceptors (Lipinski definition) is 3. The molecule has 1 atom stereocenters. The summed E-state index contributed by atoms with van der Waals surface area (Å²) in [6.45, 7) is 6.05. The molecule has 1 N–H and O–H groups in total. The van der Waals surface area contributed by atoms with Crippen LogP contribution in [0.1, 0.15) is 29.9 Å². The molecule has 0 bridgehead atoms. The van der Waals surface area contributed by atoms with E-state index in [0.29, 0.717) is 0 Å². The number of aromatic nitrogens is 2. The predicted octanol–water partition coefficient (Wildman–Crippen LogP) is 2.43. The van der Waals surface area contributed by atoms with Gasteiger partial charge in [-0.3, -0.25) is 9.48 Å². The van der Waals surface area contributed by atoms with Crippen LogP contribution in [0.5, 0.6) is 5.75 Å². The van der Waals surface area contributed by atoms with E-state index in [2.05, 4.69) is 5.10 Å². The average molecular weight is 287 g/mol. The highest BCUT2D eigenvalue weighted by molar-refractivity contribution is 5.76. The number of carbonyl (C=O) groups is 1. The highest BCUT2D eigenvalue weighted by atomic mass is 16.3. The second kappa shape index (κ2) is 5.99. The maximum absolute atomic E-state index is 12.4. The molecule has 1 aromatic carbocycles. The number of aryl methyl sites for hydroxylation is 2. The maximum Gasteiger partial charge on any atom is 0.244 e. The Hall–Kier alpha value is -2.30. The third-order valence-electron chi connectivity index (χ3n) is 3.74. The summed E-state index contributed by atoms with van der Waals surface area (Å²) in [6.07, 6.45) is 0. The number of rotatable bonds is 4. The fourth-order valence-corrected chi connectivity index (χ4v) is 2.27. The number of hydrogen-bond donors (Lipinski definition) is 1. The number of aromatic hydroxyl groups is 1. The Bertz CT molecular complexity index is 631.